The van der Waals surface area contributed by atoms with Crippen molar-refractivity contribution in [1.82, 2.24) is 5.01 Å². The number of carbonyl (C=O) groups is 1. The summed E-state index contributed by atoms with van der Waals surface area (Å²) < 4.78 is 0.292. The summed E-state index contributed by atoms with van der Waals surface area (Å²) in [5.41, 5.74) is 3.71. The van der Waals surface area contributed by atoms with Crippen molar-refractivity contribution < 1.29 is 9.72 Å². The van der Waals surface area contributed by atoms with E-state index in [0.29, 0.717) is 9.23 Å². The summed E-state index contributed by atoms with van der Waals surface area (Å²) in [7, 11) is 0. The monoisotopic (exact) mass is 357 g/mol. The van der Waals surface area contributed by atoms with Crippen molar-refractivity contribution in [1.29, 1.82) is 0 Å². The second-order valence-corrected chi connectivity index (χ2v) is 6.49. The van der Waals surface area contributed by atoms with E-state index in [9.17, 15) is 14.9 Å². The first-order valence-corrected chi connectivity index (χ1v) is 8.12. The van der Waals surface area contributed by atoms with E-state index in [1.807, 2.05) is 30.3 Å². The van der Waals surface area contributed by atoms with Crippen molar-refractivity contribution >= 4 is 51.7 Å². The molecule has 0 unspecified atom stereocenters. The zero-order chi connectivity index (χ0) is 17.1. The molecule has 0 spiro atoms. The van der Waals surface area contributed by atoms with E-state index < -0.39 is 4.92 Å². The highest BCUT2D eigenvalue weighted by atomic mass is 32.2. The average Bonchev–Trinajstić information content (AvgIpc) is 2.84. The molecule has 24 heavy (non-hydrogen) atoms. The fourth-order valence-electron chi connectivity index (χ4n) is 2.11. The molecule has 8 heteroatoms. The Bertz CT molecular complexity index is 853. The van der Waals surface area contributed by atoms with E-state index in [4.69, 9.17) is 12.2 Å². The molecule has 6 nitrogen and oxygen atoms in total. The van der Waals surface area contributed by atoms with Crippen LogP contribution in [0.25, 0.3) is 6.08 Å². The third kappa shape index (κ3) is 3.29. The van der Waals surface area contributed by atoms with Gasteiger partial charge in [-0.3, -0.25) is 20.3 Å². The molecule has 1 aliphatic heterocycles. The Kier molecular flexibility index (Phi) is 4.59. The lowest BCUT2D eigenvalue weighted by Crippen LogP contribution is -2.34. The third-order valence-corrected chi connectivity index (χ3v) is 4.53. The number of benzene rings is 2. The lowest BCUT2D eigenvalue weighted by atomic mass is 10.2. The summed E-state index contributed by atoms with van der Waals surface area (Å²) >= 11 is 6.36. The number of hydrogen-bond donors (Lipinski definition) is 1. The molecule has 0 aliphatic carbocycles. The maximum absolute atomic E-state index is 12.5. The average molecular weight is 357 g/mol. The summed E-state index contributed by atoms with van der Waals surface area (Å²) in [6, 6.07) is 15.5. The van der Waals surface area contributed by atoms with Crippen LogP contribution in [-0.4, -0.2) is 20.2 Å². The number of para-hydroxylation sites is 2. The quantitative estimate of drug-likeness (QED) is 0.388. The van der Waals surface area contributed by atoms with Gasteiger partial charge in [-0.15, -0.1) is 0 Å². The second-order valence-electron chi connectivity index (χ2n) is 4.81. The zero-order valence-corrected chi connectivity index (χ0v) is 13.8. The Balaban J connectivity index is 1.86. The van der Waals surface area contributed by atoms with Crippen LogP contribution in [0.3, 0.4) is 0 Å². The van der Waals surface area contributed by atoms with E-state index in [2.05, 4.69) is 5.43 Å². The Morgan fingerprint density at radius 2 is 1.79 bits per heavy atom. The molecule has 0 saturated carbocycles. The summed E-state index contributed by atoms with van der Waals surface area (Å²) in [5, 5.41) is 12.2. The number of hydrazine groups is 1. The highest BCUT2D eigenvalue weighted by Gasteiger charge is 2.33. The van der Waals surface area contributed by atoms with E-state index >= 15 is 0 Å². The van der Waals surface area contributed by atoms with Gasteiger partial charge in [0.25, 0.3) is 11.6 Å². The molecule has 2 aromatic carbocycles. The van der Waals surface area contributed by atoms with Crippen LogP contribution in [-0.2, 0) is 4.79 Å². The fourth-order valence-corrected chi connectivity index (χ4v) is 3.29. The van der Waals surface area contributed by atoms with Crippen LogP contribution in [0.5, 0.6) is 0 Å². The van der Waals surface area contributed by atoms with Gasteiger partial charge in [0.05, 0.1) is 9.83 Å². The summed E-state index contributed by atoms with van der Waals surface area (Å²) in [6.07, 6.45) is 1.74. The first-order chi connectivity index (χ1) is 11.6. The Morgan fingerprint density at radius 1 is 1.12 bits per heavy atom. The highest BCUT2D eigenvalue weighted by Crippen LogP contribution is 2.34. The molecule has 3 rings (SSSR count). The highest BCUT2D eigenvalue weighted by molar-refractivity contribution is 8.26. The maximum atomic E-state index is 12.5. The van der Waals surface area contributed by atoms with Crippen LogP contribution in [0.4, 0.5) is 11.4 Å². The van der Waals surface area contributed by atoms with Crippen LogP contribution >= 0.6 is 24.0 Å². The predicted octanol–water partition coefficient (Wildman–Crippen LogP) is 3.82. The minimum absolute atomic E-state index is 0.126. The first kappa shape index (κ1) is 16.2. The largest absolute Gasteiger partial charge is 0.294 e. The lowest BCUT2D eigenvalue weighted by Gasteiger charge is -2.16. The van der Waals surface area contributed by atoms with Gasteiger partial charge in [-0.05, 0) is 29.9 Å². The van der Waals surface area contributed by atoms with E-state index in [-0.39, 0.29) is 17.3 Å². The van der Waals surface area contributed by atoms with E-state index in [0.717, 1.165) is 22.3 Å². The van der Waals surface area contributed by atoms with Gasteiger partial charge in [-0.1, -0.05) is 54.2 Å². The molecule has 0 aromatic heterocycles. The van der Waals surface area contributed by atoms with Gasteiger partial charge < -0.3 is 0 Å². The number of anilines is 1. The normalized spacial score (nSPS) is 15.8. The smallest absolute Gasteiger partial charge is 0.283 e. The molecule has 2 aromatic rings. The Morgan fingerprint density at radius 3 is 2.50 bits per heavy atom. The van der Waals surface area contributed by atoms with Gasteiger partial charge >= 0.3 is 0 Å². The molecule has 1 fully saturated rings. The molecule has 0 atom stereocenters. The minimum Gasteiger partial charge on any atom is -0.283 e. The summed E-state index contributed by atoms with van der Waals surface area (Å²) in [6.45, 7) is 0. The van der Waals surface area contributed by atoms with Gasteiger partial charge in [-0.2, -0.15) is 0 Å². The molecular formula is C16H11N3O3S2. The van der Waals surface area contributed by atoms with Crippen LogP contribution in [0.15, 0.2) is 59.5 Å². The number of nitrogens with zero attached hydrogens (tertiary/aromatic N) is 2. The van der Waals surface area contributed by atoms with Gasteiger partial charge in [0.2, 0.25) is 0 Å². The van der Waals surface area contributed by atoms with Crippen molar-refractivity contribution in [2.45, 2.75) is 0 Å². The fraction of sp³-hybridized carbons (Fsp3) is 0. The Hall–Kier alpha value is -2.71. The van der Waals surface area contributed by atoms with Crippen molar-refractivity contribution in [3.63, 3.8) is 0 Å². The van der Waals surface area contributed by atoms with Gasteiger partial charge in [0, 0.05) is 6.07 Å². The molecule has 1 amide bonds. The predicted molar refractivity (Wildman–Crippen MR) is 98.2 cm³/mol. The summed E-state index contributed by atoms with van der Waals surface area (Å²) in [5.74, 6) is -0.341. The maximum Gasteiger partial charge on any atom is 0.294 e. The number of amides is 1. The molecule has 1 aliphatic rings. The number of nitrogens with one attached hydrogen (secondary N) is 1. The van der Waals surface area contributed by atoms with Crippen LogP contribution < -0.4 is 5.43 Å². The Labute approximate surface area is 147 Å². The van der Waals surface area contributed by atoms with E-state index in [1.165, 1.54) is 12.1 Å². The standard InChI is InChI=1S/C16H11N3O3S2/c20-15-14(10-11-6-2-1-3-7-11)24-16(23)18(15)17-12-8-4-5-9-13(12)19(21)22/h1-10,17H/b14-10+. The van der Waals surface area contributed by atoms with Crippen molar-refractivity contribution in [3.05, 3.63) is 75.2 Å². The number of carbonyl (C=O) groups excluding carboxylic acids is 1. The third-order valence-electron chi connectivity index (χ3n) is 3.22. The van der Waals surface area contributed by atoms with Crippen molar-refractivity contribution in [2.24, 2.45) is 0 Å². The van der Waals surface area contributed by atoms with Crippen molar-refractivity contribution in [3.8, 4) is 0 Å². The molecule has 1 N–H and O–H groups in total. The second kappa shape index (κ2) is 6.81. The minimum atomic E-state index is -0.514. The zero-order valence-electron chi connectivity index (χ0n) is 12.2. The van der Waals surface area contributed by atoms with Crippen molar-refractivity contribution in [2.75, 3.05) is 5.43 Å². The molecule has 1 saturated heterocycles. The van der Waals surface area contributed by atoms with Gasteiger partial charge in [0.15, 0.2) is 4.32 Å². The van der Waals surface area contributed by atoms with E-state index in [1.54, 1.807) is 18.2 Å². The lowest BCUT2D eigenvalue weighted by molar-refractivity contribution is -0.384. The molecule has 0 bridgehead atoms. The molecular weight excluding hydrogens is 346 g/mol. The molecule has 0 radical (unpaired) electrons. The summed E-state index contributed by atoms with van der Waals surface area (Å²) in [4.78, 5) is 23.5. The number of nitro groups is 1. The number of thiocarbonyl (C=S) groups is 1. The van der Waals surface area contributed by atoms with Gasteiger partial charge in [-0.25, -0.2) is 5.01 Å². The number of rotatable bonds is 4. The molecule has 1 heterocycles. The SMILES string of the molecule is O=C1/C(=C\c2ccccc2)SC(=S)N1Nc1ccccc1[N+](=O)[O-]. The molecule has 120 valence electrons. The van der Waals surface area contributed by atoms with Crippen LogP contribution in [0.1, 0.15) is 5.56 Å². The number of nitro benzene ring substituents is 1. The van der Waals surface area contributed by atoms with Crippen LogP contribution in [0, 0.1) is 10.1 Å². The first-order valence-electron chi connectivity index (χ1n) is 6.89. The van der Waals surface area contributed by atoms with Gasteiger partial charge in [0.1, 0.15) is 5.69 Å². The number of thioether (sulfide) groups is 1. The number of hydrogen-bond acceptors (Lipinski definition) is 6. The topological polar surface area (TPSA) is 75.5 Å². The van der Waals surface area contributed by atoms with Crippen LogP contribution in [0.2, 0.25) is 0 Å².